The predicted octanol–water partition coefficient (Wildman–Crippen LogP) is 2.51. The van der Waals surface area contributed by atoms with E-state index in [0.29, 0.717) is 26.1 Å². The summed E-state index contributed by atoms with van der Waals surface area (Å²) in [7, 11) is 0. The van der Waals surface area contributed by atoms with Crippen LogP contribution in [0.4, 0.5) is 14.5 Å². The molecule has 1 N–H and O–H groups in total. The molecule has 0 aromatic heterocycles. The highest BCUT2D eigenvalue weighted by Gasteiger charge is 2.57. The van der Waals surface area contributed by atoms with Crippen molar-refractivity contribution in [1.82, 2.24) is 5.32 Å². The number of alkyl halides is 2. The van der Waals surface area contributed by atoms with Crippen molar-refractivity contribution in [2.24, 2.45) is 5.41 Å². The molecule has 2 nitrogen and oxygen atoms in total. The molecule has 0 aliphatic carbocycles. The first-order valence-electron chi connectivity index (χ1n) is 6.52. The minimum Gasteiger partial charge on any atom is -0.371 e. The number of piperidine rings is 1. The van der Waals surface area contributed by atoms with Crippen molar-refractivity contribution in [2.75, 3.05) is 31.1 Å². The Labute approximate surface area is 106 Å². The average molecular weight is 252 g/mol. The third-order valence-electron chi connectivity index (χ3n) is 4.33. The van der Waals surface area contributed by atoms with E-state index in [1.165, 1.54) is 0 Å². The lowest BCUT2D eigenvalue weighted by Gasteiger charge is -2.41. The van der Waals surface area contributed by atoms with E-state index >= 15 is 0 Å². The average Bonchev–Trinajstić information content (AvgIpc) is 2.81. The Bertz CT molecular complexity index is 421. The van der Waals surface area contributed by atoms with Crippen molar-refractivity contribution in [3.8, 4) is 0 Å². The second kappa shape index (κ2) is 4.19. The van der Waals surface area contributed by atoms with Gasteiger partial charge in [-0.25, -0.2) is 8.78 Å². The number of para-hydroxylation sites is 1. The standard InChI is InChI=1S/C14H18F2N2/c15-14(16)6-8-17-10-13(14)7-9-18(11-13)12-4-2-1-3-5-12/h1-5,17H,6-11H2. The van der Waals surface area contributed by atoms with Gasteiger partial charge in [-0.15, -0.1) is 0 Å². The zero-order valence-electron chi connectivity index (χ0n) is 10.3. The Morgan fingerprint density at radius 2 is 1.89 bits per heavy atom. The minimum absolute atomic E-state index is 0.0321. The largest absolute Gasteiger partial charge is 0.371 e. The fraction of sp³-hybridized carbons (Fsp3) is 0.571. The molecule has 1 aromatic rings. The SMILES string of the molecule is FC1(F)CCNCC12CCN(c1ccccc1)C2. The summed E-state index contributed by atoms with van der Waals surface area (Å²) in [6.45, 7) is 2.04. The Kier molecular flexibility index (Phi) is 2.77. The summed E-state index contributed by atoms with van der Waals surface area (Å²) in [6, 6.07) is 9.85. The van der Waals surface area contributed by atoms with Gasteiger partial charge in [-0.3, -0.25) is 0 Å². The Hall–Kier alpha value is -1.16. The molecule has 1 aromatic carbocycles. The number of rotatable bonds is 1. The van der Waals surface area contributed by atoms with Gasteiger partial charge in [-0.2, -0.15) is 0 Å². The van der Waals surface area contributed by atoms with Crippen molar-refractivity contribution >= 4 is 5.69 Å². The third-order valence-corrected chi connectivity index (χ3v) is 4.33. The summed E-state index contributed by atoms with van der Waals surface area (Å²) < 4.78 is 28.4. The van der Waals surface area contributed by atoms with Crippen LogP contribution >= 0.6 is 0 Å². The summed E-state index contributed by atoms with van der Waals surface area (Å²) >= 11 is 0. The van der Waals surface area contributed by atoms with E-state index in [9.17, 15) is 8.78 Å². The molecule has 2 heterocycles. The summed E-state index contributed by atoms with van der Waals surface area (Å²) in [6.07, 6.45) is 0.539. The maximum absolute atomic E-state index is 14.2. The molecule has 1 spiro atoms. The van der Waals surface area contributed by atoms with Crippen molar-refractivity contribution in [3.05, 3.63) is 30.3 Å². The summed E-state index contributed by atoms with van der Waals surface area (Å²) in [5.41, 5.74) is 0.178. The van der Waals surface area contributed by atoms with Gasteiger partial charge >= 0.3 is 0 Å². The van der Waals surface area contributed by atoms with Crippen molar-refractivity contribution in [1.29, 1.82) is 0 Å². The summed E-state index contributed by atoms with van der Waals surface area (Å²) in [5, 5.41) is 3.14. The molecule has 0 amide bonds. The fourth-order valence-electron chi connectivity index (χ4n) is 3.14. The quantitative estimate of drug-likeness (QED) is 0.826. The highest BCUT2D eigenvalue weighted by molar-refractivity contribution is 5.47. The van der Waals surface area contributed by atoms with E-state index < -0.39 is 11.3 Å². The van der Waals surface area contributed by atoms with E-state index in [2.05, 4.69) is 10.2 Å². The van der Waals surface area contributed by atoms with Gasteiger partial charge in [0.2, 0.25) is 0 Å². The van der Waals surface area contributed by atoms with Crippen molar-refractivity contribution in [3.63, 3.8) is 0 Å². The third kappa shape index (κ3) is 1.79. The van der Waals surface area contributed by atoms with Crippen LogP contribution in [-0.4, -0.2) is 32.1 Å². The van der Waals surface area contributed by atoms with Gasteiger partial charge in [0.1, 0.15) is 0 Å². The highest BCUT2D eigenvalue weighted by Crippen LogP contribution is 2.48. The fourth-order valence-corrected chi connectivity index (χ4v) is 3.14. The Morgan fingerprint density at radius 3 is 2.61 bits per heavy atom. The van der Waals surface area contributed by atoms with Gasteiger partial charge in [0.25, 0.3) is 5.92 Å². The molecule has 0 bridgehead atoms. The van der Waals surface area contributed by atoms with E-state index in [1.807, 2.05) is 30.3 Å². The molecule has 0 saturated carbocycles. The lowest BCUT2D eigenvalue weighted by atomic mass is 9.76. The van der Waals surface area contributed by atoms with E-state index in [-0.39, 0.29) is 6.42 Å². The van der Waals surface area contributed by atoms with Gasteiger partial charge in [0.15, 0.2) is 0 Å². The van der Waals surface area contributed by atoms with Gasteiger partial charge in [-0.05, 0) is 18.6 Å². The monoisotopic (exact) mass is 252 g/mol. The molecule has 3 rings (SSSR count). The molecule has 0 radical (unpaired) electrons. The Morgan fingerprint density at radius 1 is 1.11 bits per heavy atom. The van der Waals surface area contributed by atoms with Crippen molar-refractivity contribution in [2.45, 2.75) is 18.8 Å². The molecule has 4 heteroatoms. The van der Waals surface area contributed by atoms with Crippen LogP contribution in [0.15, 0.2) is 30.3 Å². The molecular weight excluding hydrogens is 234 g/mol. The van der Waals surface area contributed by atoms with Gasteiger partial charge < -0.3 is 10.2 Å². The van der Waals surface area contributed by atoms with E-state index in [0.717, 1.165) is 12.2 Å². The first kappa shape index (κ1) is 11.9. The first-order chi connectivity index (χ1) is 8.63. The predicted molar refractivity (Wildman–Crippen MR) is 68.1 cm³/mol. The molecule has 1 unspecified atom stereocenters. The number of nitrogens with zero attached hydrogens (tertiary/aromatic N) is 1. The molecule has 2 saturated heterocycles. The normalized spacial score (nSPS) is 30.9. The van der Waals surface area contributed by atoms with E-state index in [4.69, 9.17) is 0 Å². The molecule has 1 atom stereocenters. The zero-order valence-corrected chi connectivity index (χ0v) is 10.3. The molecular formula is C14H18F2N2. The van der Waals surface area contributed by atoms with Crippen LogP contribution in [0, 0.1) is 5.41 Å². The number of anilines is 1. The van der Waals surface area contributed by atoms with Crippen LogP contribution in [0.3, 0.4) is 0 Å². The highest BCUT2D eigenvalue weighted by atomic mass is 19.3. The summed E-state index contributed by atoms with van der Waals surface area (Å²) in [4.78, 5) is 2.08. The van der Waals surface area contributed by atoms with Gasteiger partial charge in [0.05, 0.1) is 5.41 Å². The molecule has 18 heavy (non-hydrogen) atoms. The van der Waals surface area contributed by atoms with E-state index in [1.54, 1.807) is 0 Å². The lowest BCUT2D eigenvalue weighted by Crippen LogP contribution is -2.55. The van der Waals surface area contributed by atoms with Crippen molar-refractivity contribution < 1.29 is 8.78 Å². The molecule has 2 aliphatic heterocycles. The summed E-state index contributed by atoms with van der Waals surface area (Å²) in [5.74, 6) is -2.54. The molecule has 98 valence electrons. The first-order valence-corrected chi connectivity index (χ1v) is 6.52. The number of hydrogen-bond donors (Lipinski definition) is 1. The second-order valence-corrected chi connectivity index (χ2v) is 5.42. The van der Waals surface area contributed by atoms with Gasteiger partial charge in [0, 0.05) is 38.3 Å². The maximum Gasteiger partial charge on any atom is 0.257 e. The topological polar surface area (TPSA) is 15.3 Å². The van der Waals surface area contributed by atoms with Crippen LogP contribution in [0.25, 0.3) is 0 Å². The molecule has 2 aliphatic rings. The van der Waals surface area contributed by atoms with Gasteiger partial charge in [-0.1, -0.05) is 18.2 Å². The zero-order chi connectivity index (χ0) is 12.6. The smallest absolute Gasteiger partial charge is 0.257 e. The van der Waals surface area contributed by atoms with Crippen LogP contribution in [0.5, 0.6) is 0 Å². The van der Waals surface area contributed by atoms with Crippen LogP contribution in [-0.2, 0) is 0 Å². The second-order valence-electron chi connectivity index (χ2n) is 5.42. The Balaban J connectivity index is 1.82. The van der Waals surface area contributed by atoms with Crippen LogP contribution < -0.4 is 10.2 Å². The number of benzene rings is 1. The molecule has 2 fully saturated rings. The van der Waals surface area contributed by atoms with Crippen LogP contribution in [0.1, 0.15) is 12.8 Å². The number of nitrogens with one attached hydrogen (secondary N) is 1. The number of halogens is 2. The minimum atomic E-state index is -2.54. The lowest BCUT2D eigenvalue weighted by molar-refractivity contribution is -0.131. The maximum atomic E-state index is 14.2. The number of hydrogen-bond acceptors (Lipinski definition) is 2. The van der Waals surface area contributed by atoms with Crippen LogP contribution in [0.2, 0.25) is 0 Å².